The smallest absolute Gasteiger partial charge is 0.726 e. The van der Waals surface area contributed by atoms with E-state index >= 15 is 0 Å². The molecule has 0 bridgehead atoms. The average molecular weight is 232 g/mol. The first-order chi connectivity index (χ1) is 5.77. The number of carbonyl (C=O) groups is 1. The predicted octanol–water partition coefficient (Wildman–Crippen LogP) is -2.79. The Kier molecular flexibility index (Phi) is 15.1. The predicted molar refractivity (Wildman–Crippen MR) is 43.9 cm³/mol. The Balaban J connectivity index is -0.000000177. The first kappa shape index (κ1) is 19.4. The number of hydrogen-bond donors (Lipinski definition) is 2. The molecule has 0 unspecified atom stereocenters. The van der Waals surface area contributed by atoms with Crippen LogP contribution in [0.3, 0.4) is 0 Å². The van der Waals surface area contributed by atoms with Crippen LogP contribution in [0.1, 0.15) is 6.92 Å². The van der Waals surface area contributed by atoms with E-state index in [0.717, 1.165) is 6.08 Å². The minimum atomic E-state index is -4.92. The second-order valence-corrected chi connectivity index (χ2v) is 2.51. The van der Waals surface area contributed by atoms with E-state index in [9.17, 15) is 4.79 Å². The summed E-state index contributed by atoms with van der Waals surface area (Å²) in [5, 5.41) is 8.02. The number of allylic oxidation sites excluding steroid dienone is 3. The molecule has 0 aromatic heterocycles. The molecule has 0 saturated carbocycles. The molecule has 0 fully saturated rings. The minimum absolute atomic E-state index is 0. The second kappa shape index (κ2) is 10.9. The van der Waals surface area contributed by atoms with Gasteiger partial charge in [-0.3, -0.25) is 4.55 Å². The van der Waals surface area contributed by atoms with Crippen molar-refractivity contribution in [3.05, 3.63) is 24.3 Å². The molecule has 6 nitrogen and oxygen atoms in total. The summed E-state index contributed by atoms with van der Waals surface area (Å²) in [6.45, 7) is 1.83. The molecule has 0 aliphatic rings. The summed E-state index contributed by atoms with van der Waals surface area (Å²) >= 11 is 0. The van der Waals surface area contributed by atoms with Crippen LogP contribution in [0.15, 0.2) is 24.3 Å². The normalized spacial score (nSPS) is 10.5. The SMILES string of the molecule is C/C=C/C=C/C(=O)O.O=S(=O)([O-])O.[Na+]. The maximum absolute atomic E-state index is 9.75. The zero-order chi connectivity index (χ0) is 10.9. The summed E-state index contributed by atoms with van der Waals surface area (Å²) in [7, 11) is -4.92. The Hall–Kier alpha value is -0.180. The van der Waals surface area contributed by atoms with Gasteiger partial charge in [0.2, 0.25) is 10.4 Å². The third-order valence-electron chi connectivity index (χ3n) is 0.542. The van der Waals surface area contributed by atoms with E-state index in [2.05, 4.69) is 0 Å². The van der Waals surface area contributed by atoms with Crippen molar-refractivity contribution in [2.75, 3.05) is 0 Å². The number of rotatable bonds is 2. The Morgan fingerprint density at radius 3 is 1.93 bits per heavy atom. The molecule has 0 aromatic carbocycles. The number of carboxylic acid groups (broad SMARTS) is 1. The molecule has 76 valence electrons. The fraction of sp³-hybridized carbons (Fsp3) is 0.167. The maximum Gasteiger partial charge on any atom is 1.00 e. The van der Waals surface area contributed by atoms with Gasteiger partial charge in [-0.25, -0.2) is 13.2 Å². The van der Waals surface area contributed by atoms with Gasteiger partial charge in [-0.2, -0.15) is 0 Å². The van der Waals surface area contributed by atoms with Gasteiger partial charge in [0.1, 0.15) is 0 Å². The van der Waals surface area contributed by atoms with Gasteiger partial charge >= 0.3 is 35.5 Å². The second-order valence-electron chi connectivity index (χ2n) is 1.65. The molecule has 0 spiro atoms. The third kappa shape index (κ3) is 59.6. The van der Waals surface area contributed by atoms with Crippen LogP contribution in [-0.2, 0) is 15.2 Å². The number of hydrogen-bond acceptors (Lipinski definition) is 4. The molecule has 14 heavy (non-hydrogen) atoms. The summed E-state index contributed by atoms with van der Waals surface area (Å²) in [4.78, 5) is 9.75. The van der Waals surface area contributed by atoms with E-state index < -0.39 is 16.4 Å². The van der Waals surface area contributed by atoms with E-state index in [0.29, 0.717) is 0 Å². The minimum Gasteiger partial charge on any atom is -0.726 e. The van der Waals surface area contributed by atoms with E-state index in [1.807, 2.05) is 6.92 Å². The van der Waals surface area contributed by atoms with Crippen LogP contribution in [0.2, 0.25) is 0 Å². The van der Waals surface area contributed by atoms with Crippen molar-refractivity contribution in [1.82, 2.24) is 0 Å². The van der Waals surface area contributed by atoms with Gasteiger partial charge in [0.15, 0.2) is 0 Å². The Morgan fingerprint density at radius 1 is 1.36 bits per heavy atom. The van der Waals surface area contributed by atoms with Crippen LogP contribution in [0.5, 0.6) is 0 Å². The molecule has 0 aliphatic carbocycles. The summed E-state index contributed by atoms with van der Waals surface area (Å²) in [6, 6.07) is 0. The molecule has 0 heterocycles. The van der Waals surface area contributed by atoms with Crippen molar-refractivity contribution < 1.29 is 57.0 Å². The fourth-order valence-electron chi connectivity index (χ4n) is 0.249. The Bertz CT molecular complexity index is 283. The average Bonchev–Trinajstić information content (AvgIpc) is 1.83. The monoisotopic (exact) mass is 232 g/mol. The molecule has 2 N–H and O–H groups in total. The van der Waals surface area contributed by atoms with Crippen molar-refractivity contribution in [2.24, 2.45) is 0 Å². The molecular formula is C6H9NaO6S. The molecule has 0 saturated heterocycles. The van der Waals surface area contributed by atoms with Crippen molar-refractivity contribution in [2.45, 2.75) is 6.92 Å². The van der Waals surface area contributed by atoms with Gasteiger partial charge in [0.05, 0.1) is 0 Å². The quantitative estimate of drug-likeness (QED) is 0.175. The van der Waals surface area contributed by atoms with Crippen molar-refractivity contribution in [3.8, 4) is 0 Å². The summed E-state index contributed by atoms with van der Waals surface area (Å²) < 4.78 is 32.8. The summed E-state index contributed by atoms with van der Waals surface area (Å²) in [5.41, 5.74) is 0. The first-order valence-corrected chi connectivity index (χ1v) is 4.34. The van der Waals surface area contributed by atoms with Crippen LogP contribution in [0.4, 0.5) is 0 Å². The van der Waals surface area contributed by atoms with Crippen molar-refractivity contribution in [1.29, 1.82) is 0 Å². The van der Waals surface area contributed by atoms with Crippen molar-refractivity contribution >= 4 is 16.4 Å². The first-order valence-electron chi connectivity index (χ1n) is 2.98. The molecular weight excluding hydrogens is 223 g/mol. The zero-order valence-electron chi connectivity index (χ0n) is 7.75. The van der Waals surface area contributed by atoms with Crippen LogP contribution in [0.25, 0.3) is 0 Å². The van der Waals surface area contributed by atoms with Crippen LogP contribution < -0.4 is 29.6 Å². The van der Waals surface area contributed by atoms with Crippen molar-refractivity contribution in [3.63, 3.8) is 0 Å². The zero-order valence-corrected chi connectivity index (χ0v) is 10.6. The molecule has 0 aromatic rings. The number of carboxylic acids is 1. The van der Waals surface area contributed by atoms with Gasteiger partial charge in [-0.15, -0.1) is 0 Å². The summed E-state index contributed by atoms with van der Waals surface area (Å²) in [6.07, 6.45) is 5.98. The van der Waals surface area contributed by atoms with Gasteiger partial charge in [-0.05, 0) is 6.92 Å². The molecule has 0 rings (SSSR count). The Morgan fingerprint density at radius 2 is 1.71 bits per heavy atom. The van der Waals surface area contributed by atoms with Crippen LogP contribution in [0, 0.1) is 0 Å². The molecule has 8 heteroatoms. The van der Waals surface area contributed by atoms with E-state index in [4.69, 9.17) is 22.6 Å². The van der Waals surface area contributed by atoms with Gasteiger partial charge in [0.25, 0.3) is 0 Å². The van der Waals surface area contributed by atoms with Crippen LogP contribution >= 0.6 is 0 Å². The van der Waals surface area contributed by atoms with E-state index in [1.165, 1.54) is 6.08 Å². The fourth-order valence-corrected chi connectivity index (χ4v) is 0.249. The van der Waals surface area contributed by atoms with E-state index in [-0.39, 0.29) is 29.6 Å². The van der Waals surface area contributed by atoms with Gasteiger partial charge in [-0.1, -0.05) is 18.2 Å². The number of aliphatic carboxylic acids is 1. The molecule has 0 atom stereocenters. The maximum atomic E-state index is 9.75. The van der Waals surface area contributed by atoms with Gasteiger partial charge in [0, 0.05) is 6.08 Å². The largest absolute Gasteiger partial charge is 1.00 e. The third-order valence-corrected chi connectivity index (χ3v) is 0.542. The standard InChI is InChI=1S/C6H8O2.Na.H2O4S/c1-2-3-4-5-6(7)8;;1-5(2,3)4/h2-5H,1H3,(H,7,8);;(H2,1,2,3,4)/q;+1;/p-1/b3-2+,5-4+;;. The molecule has 0 radical (unpaired) electrons. The topological polar surface area (TPSA) is 115 Å². The summed E-state index contributed by atoms with van der Waals surface area (Å²) in [5.74, 6) is -0.914. The molecule has 0 aliphatic heterocycles. The van der Waals surface area contributed by atoms with Gasteiger partial charge < -0.3 is 9.66 Å². The van der Waals surface area contributed by atoms with E-state index in [1.54, 1.807) is 12.2 Å². The Labute approximate surface area is 104 Å². The van der Waals surface area contributed by atoms with Crippen LogP contribution in [-0.4, -0.2) is 28.6 Å². The molecule has 0 amide bonds.